The van der Waals surface area contributed by atoms with Crippen molar-refractivity contribution in [2.24, 2.45) is 5.73 Å². The van der Waals surface area contributed by atoms with E-state index in [1.54, 1.807) is 0 Å². The number of fused-ring (bicyclic) bond motifs is 1. The van der Waals surface area contributed by atoms with Crippen molar-refractivity contribution < 1.29 is 9.47 Å². The molecule has 0 aliphatic carbocycles. The molecule has 2 aliphatic heterocycles. The minimum Gasteiger partial charge on any atom is -0.487 e. The zero-order valence-corrected chi connectivity index (χ0v) is 10.2. The second-order valence-electron chi connectivity index (χ2n) is 5.09. The first-order chi connectivity index (χ1) is 8.24. The first-order valence-corrected chi connectivity index (χ1v) is 6.38. The second kappa shape index (κ2) is 4.31. The van der Waals surface area contributed by atoms with Crippen molar-refractivity contribution in [2.75, 3.05) is 6.61 Å². The highest BCUT2D eigenvalue weighted by molar-refractivity contribution is 5.40. The highest BCUT2D eigenvalue weighted by Gasteiger charge is 2.34. The largest absolute Gasteiger partial charge is 0.487 e. The summed E-state index contributed by atoms with van der Waals surface area (Å²) in [6.45, 7) is 2.94. The maximum absolute atomic E-state index is 6.24. The van der Waals surface area contributed by atoms with Gasteiger partial charge in [-0.05, 0) is 25.8 Å². The van der Waals surface area contributed by atoms with Gasteiger partial charge in [-0.1, -0.05) is 17.7 Å². The lowest BCUT2D eigenvalue weighted by molar-refractivity contribution is -0.00196. The third-order valence-corrected chi connectivity index (χ3v) is 3.71. The summed E-state index contributed by atoms with van der Waals surface area (Å²) in [5.74, 6) is 0.940. The highest BCUT2D eigenvalue weighted by Crippen LogP contribution is 2.36. The van der Waals surface area contributed by atoms with Crippen LogP contribution in [-0.4, -0.2) is 18.8 Å². The lowest BCUT2D eigenvalue weighted by Crippen LogP contribution is -2.38. The van der Waals surface area contributed by atoms with Gasteiger partial charge >= 0.3 is 0 Å². The molecule has 3 unspecified atom stereocenters. The Bertz CT molecular complexity index is 413. The first-order valence-electron chi connectivity index (χ1n) is 6.38. The summed E-state index contributed by atoms with van der Waals surface area (Å²) in [5.41, 5.74) is 8.61. The molecule has 3 nitrogen and oxygen atoms in total. The van der Waals surface area contributed by atoms with Crippen molar-refractivity contribution in [3.63, 3.8) is 0 Å². The summed E-state index contributed by atoms with van der Waals surface area (Å²) < 4.78 is 11.7. The van der Waals surface area contributed by atoms with Crippen molar-refractivity contribution in [3.8, 4) is 5.75 Å². The number of hydrogen-bond acceptors (Lipinski definition) is 3. The Hall–Kier alpha value is -1.06. The molecule has 0 aromatic heterocycles. The van der Waals surface area contributed by atoms with Crippen LogP contribution in [0.4, 0.5) is 0 Å². The maximum Gasteiger partial charge on any atom is 0.127 e. The van der Waals surface area contributed by atoms with Crippen LogP contribution in [0.1, 0.15) is 36.4 Å². The molecule has 0 spiro atoms. The van der Waals surface area contributed by atoms with E-state index in [-0.39, 0.29) is 18.2 Å². The minimum absolute atomic E-state index is 0.0767. The smallest absolute Gasteiger partial charge is 0.127 e. The van der Waals surface area contributed by atoms with Gasteiger partial charge in [0.15, 0.2) is 0 Å². The Morgan fingerprint density at radius 3 is 2.94 bits per heavy atom. The number of aryl methyl sites for hydroxylation is 1. The molecule has 0 bridgehead atoms. The fraction of sp³-hybridized carbons (Fsp3) is 0.571. The standard InChI is InChI=1S/C14H19NO2/c1-9-4-5-12-10(7-9)11(15)8-14(17-12)13-3-2-6-16-13/h4-5,7,11,13-14H,2-3,6,8,15H2,1H3. The van der Waals surface area contributed by atoms with E-state index in [1.807, 2.05) is 6.07 Å². The predicted molar refractivity (Wildman–Crippen MR) is 66.1 cm³/mol. The topological polar surface area (TPSA) is 44.5 Å². The van der Waals surface area contributed by atoms with Crippen LogP contribution in [0.2, 0.25) is 0 Å². The first kappa shape index (κ1) is 11.1. The summed E-state index contributed by atoms with van der Waals surface area (Å²) in [4.78, 5) is 0. The van der Waals surface area contributed by atoms with Crippen LogP contribution in [0.5, 0.6) is 5.75 Å². The van der Waals surface area contributed by atoms with E-state index in [1.165, 1.54) is 5.56 Å². The van der Waals surface area contributed by atoms with Crippen LogP contribution in [0.3, 0.4) is 0 Å². The van der Waals surface area contributed by atoms with Gasteiger partial charge in [-0.3, -0.25) is 0 Å². The number of nitrogens with two attached hydrogens (primary N) is 1. The zero-order chi connectivity index (χ0) is 11.8. The Morgan fingerprint density at radius 2 is 2.18 bits per heavy atom. The lowest BCUT2D eigenvalue weighted by Gasteiger charge is -2.33. The average molecular weight is 233 g/mol. The van der Waals surface area contributed by atoms with Crippen molar-refractivity contribution in [3.05, 3.63) is 29.3 Å². The molecule has 0 amide bonds. The summed E-state index contributed by atoms with van der Waals surface area (Å²) in [5, 5.41) is 0. The van der Waals surface area contributed by atoms with Gasteiger partial charge < -0.3 is 15.2 Å². The fourth-order valence-electron chi connectivity index (χ4n) is 2.78. The third kappa shape index (κ3) is 2.05. The molecule has 1 aromatic carbocycles. The normalized spacial score (nSPS) is 32.0. The van der Waals surface area contributed by atoms with Crippen LogP contribution in [0.15, 0.2) is 18.2 Å². The molecule has 0 radical (unpaired) electrons. The van der Waals surface area contributed by atoms with Crippen LogP contribution in [0.25, 0.3) is 0 Å². The molecule has 1 saturated heterocycles. The molecule has 3 heteroatoms. The monoisotopic (exact) mass is 233 g/mol. The molecule has 3 atom stereocenters. The maximum atomic E-state index is 6.24. The molecular formula is C14H19NO2. The van der Waals surface area contributed by atoms with Gasteiger partial charge in [0.05, 0.1) is 6.10 Å². The van der Waals surface area contributed by atoms with E-state index < -0.39 is 0 Å². The average Bonchev–Trinajstić information content (AvgIpc) is 2.83. The van der Waals surface area contributed by atoms with Crippen LogP contribution in [-0.2, 0) is 4.74 Å². The molecular weight excluding hydrogens is 214 g/mol. The Labute approximate surface area is 102 Å². The van der Waals surface area contributed by atoms with E-state index in [4.69, 9.17) is 15.2 Å². The van der Waals surface area contributed by atoms with Crippen LogP contribution >= 0.6 is 0 Å². The van der Waals surface area contributed by atoms with E-state index in [2.05, 4.69) is 19.1 Å². The summed E-state index contributed by atoms with van der Waals surface area (Å²) in [6, 6.07) is 6.31. The second-order valence-corrected chi connectivity index (χ2v) is 5.09. The van der Waals surface area contributed by atoms with E-state index >= 15 is 0 Å². The van der Waals surface area contributed by atoms with E-state index in [9.17, 15) is 0 Å². The summed E-state index contributed by atoms with van der Waals surface area (Å²) >= 11 is 0. The fourth-order valence-corrected chi connectivity index (χ4v) is 2.78. The Kier molecular flexibility index (Phi) is 2.81. The molecule has 2 aliphatic rings. The molecule has 92 valence electrons. The molecule has 0 saturated carbocycles. The van der Waals surface area contributed by atoms with Crippen molar-refractivity contribution >= 4 is 0 Å². The number of ether oxygens (including phenoxy) is 2. The number of benzene rings is 1. The minimum atomic E-state index is 0.0767. The predicted octanol–water partition coefficient (Wildman–Crippen LogP) is 2.32. The molecule has 3 rings (SSSR count). The lowest BCUT2D eigenvalue weighted by atomic mass is 9.93. The van der Waals surface area contributed by atoms with Gasteiger partial charge in [-0.15, -0.1) is 0 Å². The highest BCUT2D eigenvalue weighted by atomic mass is 16.5. The Morgan fingerprint density at radius 1 is 1.29 bits per heavy atom. The quantitative estimate of drug-likeness (QED) is 0.809. The molecule has 2 N–H and O–H groups in total. The molecule has 1 fully saturated rings. The van der Waals surface area contributed by atoms with Crippen molar-refractivity contribution in [2.45, 2.75) is 44.4 Å². The van der Waals surface area contributed by atoms with Gasteiger partial charge in [-0.25, -0.2) is 0 Å². The van der Waals surface area contributed by atoms with E-state index in [0.717, 1.165) is 37.2 Å². The number of hydrogen-bond donors (Lipinski definition) is 1. The number of rotatable bonds is 1. The molecule has 17 heavy (non-hydrogen) atoms. The Balaban J connectivity index is 1.84. The van der Waals surface area contributed by atoms with Gasteiger partial charge in [-0.2, -0.15) is 0 Å². The third-order valence-electron chi connectivity index (χ3n) is 3.71. The van der Waals surface area contributed by atoms with Crippen molar-refractivity contribution in [1.29, 1.82) is 0 Å². The van der Waals surface area contributed by atoms with Gasteiger partial charge in [0.2, 0.25) is 0 Å². The zero-order valence-electron chi connectivity index (χ0n) is 10.2. The van der Waals surface area contributed by atoms with Crippen molar-refractivity contribution in [1.82, 2.24) is 0 Å². The van der Waals surface area contributed by atoms with Crippen LogP contribution in [0, 0.1) is 6.92 Å². The van der Waals surface area contributed by atoms with Gasteiger partial charge in [0.1, 0.15) is 11.9 Å². The van der Waals surface area contributed by atoms with Gasteiger partial charge in [0.25, 0.3) is 0 Å². The summed E-state index contributed by atoms with van der Waals surface area (Å²) in [6.07, 6.45) is 3.46. The molecule has 1 aromatic rings. The summed E-state index contributed by atoms with van der Waals surface area (Å²) in [7, 11) is 0. The van der Waals surface area contributed by atoms with Gasteiger partial charge in [0, 0.05) is 24.6 Å². The van der Waals surface area contributed by atoms with E-state index in [0.29, 0.717) is 0 Å². The van der Waals surface area contributed by atoms with Crippen LogP contribution < -0.4 is 10.5 Å². The molecule has 2 heterocycles. The SMILES string of the molecule is Cc1ccc2c(c1)C(N)CC(C1CCCO1)O2.